The van der Waals surface area contributed by atoms with E-state index in [-0.39, 0.29) is 6.03 Å². The third-order valence-electron chi connectivity index (χ3n) is 4.60. The Morgan fingerprint density at radius 3 is 2.69 bits per heavy atom. The molecule has 0 saturated heterocycles. The Kier molecular flexibility index (Phi) is 6.63. The molecule has 0 aliphatic heterocycles. The van der Waals surface area contributed by atoms with Gasteiger partial charge in [-0.2, -0.15) is 0 Å². The second-order valence-corrected chi connectivity index (χ2v) is 6.60. The van der Waals surface area contributed by atoms with Crippen LogP contribution in [0.4, 0.5) is 10.5 Å². The monoisotopic (exact) mass is 392 g/mol. The molecule has 3 rings (SSSR count). The highest BCUT2D eigenvalue weighted by molar-refractivity contribution is 5.94. The zero-order valence-corrected chi connectivity index (χ0v) is 16.5. The Morgan fingerprint density at radius 1 is 1.14 bits per heavy atom. The Balaban J connectivity index is 1.56. The summed E-state index contributed by atoms with van der Waals surface area (Å²) in [5.74, 6) is 0.324. The van der Waals surface area contributed by atoms with E-state index in [1.807, 2.05) is 35.9 Å². The van der Waals surface area contributed by atoms with Crippen LogP contribution in [-0.2, 0) is 24.2 Å². The fourth-order valence-corrected chi connectivity index (χ4v) is 2.93. The number of urea groups is 1. The van der Waals surface area contributed by atoms with E-state index in [0.29, 0.717) is 17.8 Å². The summed E-state index contributed by atoms with van der Waals surface area (Å²) in [6.45, 7) is 2.93. The first-order valence-electron chi connectivity index (χ1n) is 9.34. The van der Waals surface area contributed by atoms with Crippen LogP contribution in [0.1, 0.15) is 27.3 Å². The molecule has 150 valence electrons. The molecule has 0 radical (unpaired) electrons. The van der Waals surface area contributed by atoms with Crippen LogP contribution in [0.2, 0.25) is 0 Å². The van der Waals surface area contributed by atoms with Crippen molar-refractivity contribution in [1.82, 2.24) is 14.9 Å². The van der Waals surface area contributed by atoms with E-state index in [1.54, 1.807) is 24.4 Å². The van der Waals surface area contributed by atoms with E-state index >= 15 is 0 Å². The molecule has 29 heavy (non-hydrogen) atoms. The van der Waals surface area contributed by atoms with E-state index in [9.17, 15) is 9.59 Å². The Hall–Kier alpha value is -3.61. The molecule has 2 N–H and O–H groups in total. The average Bonchev–Trinajstić information content (AvgIpc) is 3.20. The molecule has 0 saturated carbocycles. The number of benzene rings is 2. The summed E-state index contributed by atoms with van der Waals surface area (Å²) in [7, 11) is 1.32. The van der Waals surface area contributed by atoms with Crippen LogP contribution in [0, 0.1) is 6.92 Å². The first-order valence-corrected chi connectivity index (χ1v) is 9.34. The van der Waals surface area contributed by atoms with Crippen LogP contribution >= 0.6 is 0 Å². The van der Waals surface area contributed by atoms with Gasteiger partial charge in [0.15, 0.2) is 0 Å². The molecule has 7 heteroatoms. The summed E-state index contributed by atoms with van der Waals surface area (Å²) < 4.78 is 6.75. The molecule has 7 nitrogen and oxygen atoms in total. The Labute approximate surface area is 169 Å². The highest BCUT2D eigenvalue weighted by Gasteiger charge is 2.11. The number of carbonyl (C=O) groups excluding carboxylic acids is 2. The van der Waals surface area contributed by atoms with Gasteiger partial charge in [-0.3, -0.25) is 0 Å². The standard InChI is InChI=1S/C22H24N4O3/c1-16-8-9-18(21(27)29-2)14-19(16)25-22(28)24-15-20-23-11-13-26(20)12-10-17-6-4-3-5-7-17/h3-9,11,13-14H,10,12,15H2,1-2H3,(H2,24,25,28). The molecule has 0 bridgehead atoms. The summed E-state index contributed by atoms with van der Waals surface area (Å²) in [4.78, 5) is 28.3. The van der Waals surface area contributed by atoms with Gasteiger partial charge in [-0.1, -0.05) is 36.4 Å². The maximum atomic E-state index is 12.3. The number of methoxy groups -OCH3 is 1. The third kappa shape index (κ3) is 5.44. The number of anilines is 1. The van der Waals surface area contributed by atoms with E-state index < -0.39 is 5.97 Å². The average molecular weight is 392 g/mol. The molecular formula is C22H24N4O3. The quantitative estimate of drug-likeness (QED) is 0.602. The number of nitrogens with one attached hydrogen (secondary N) is 2. The zero-order valence-electron chi connectivity index (χ0n) is 16.5. The molecule has 0 atom stereocenters. The van der Waals surface area contributed by atoms with Crippen molar-refractivity contribution in [2.75, 3.05) is 12.4 Å². The predicted molar refractivity (Wildman–Crippen MR) is 111 cm³/mol. The minimum Gasteiger partial charge on any atom is -0.465 e. The molecule has 0 fully saturated rings. The first kappa shape index (κ1) is 20.1. The van der Waals surface area contributed by atoms with Crippen molar-refractivity contribution in [3.8, 4) is 0 Å². The van der Waals surface area contributed by atoms with Crippen LogP contribution in [-0.4, -0.2) is 28.7 Å². The summed E-state index contributed by atoms with van der Waals surface area (Å²) in [6, 6.07) is 14.9. The van der Waals surface area contributed by atoms with Crippen LogP contribution in [0.3, 0.4) is 0 Å². The number of aromatic nitrogens is 2. The van der Waals surface area contributed by atoms with Crippen LogP contribution in [0.25, 0.3) is 0 Å². The summed E-state index contributed by atoms with van der Waals surface area (Å²) in [5, 5.41) is 5.59. The number of carbonyl (C=O) groups is 2. The first-order chi connectivity index (χ1) is 14.1. The fourth-order valence-electron chi connectivity index (χ4n) is 2.93. The smallest absolute Gasteiger partial charge is 0.337 e. The maximum absolute atomic E-state index is 12.3. The number of ether oxygens (including phenoxy) is 1. The van der Waals surface area contributed by atoms with Crippen molar-refractivity contribution >= 4 is 17.7 Å². The van der Waals surface area contributed by atoms with Crippen molar-refractivity contribution in [2.24, 2.45) is 0 Å². The number of esters is 1. The van der Waals surface area contributed by atoms with Crippen molar-refractivity contribution in [1.29, 1.82) is 0 Å². The maximum Gasteiger partial charge on any atom is 0.337 e. The molecule has 2 amide bonds. The summed E-state index contributed by atoms with van der Waals surface area (Å²) in [5.41, 5.74) is 3.03. The number of amides is 2. The second-order valence-electron chi connectivity index (χ2n) is 6.60. The van der Waals surface area contributed by atoms with Crippen LogP contribution in [0.15, 0.2) is 60.9 Å². The predicted octanol–water partition coefficient (Wildman–Crippen LogP) is 3.54. The van der Waals surface area contributed by atoms with Gasteiger partial charge >= 0.3 is 12.0 Å². The largest absolute Gasteiger partial charge is 0.465 e. The number of hydrogen-bond donors (Lipinski definition) is 2. The zero-order chi connectivity index (χ0) is 20.6. The van der Waals surface area contributed by atoms with Crippen molar-refractivity contribution < 1.29 is 14.3 Å². The van der Waals surface area contributed by atoms with Gasteiger partial charge in [0.25, 0.3) is 0 Å². The lowest BCUT2D eigenvalue weighted by Gasteiger charge is -2.12. The molecule has 2 aromatic carbocycles. The fraction of sp³-hybridized carbons (Fsp3) is 0.227. The van der Waals surface area contributed by atoms with Gasteiger partial charge in [0.1, 0.15) is 5.82 Å². The lowest BCUT2D eigenvalue weighted by atomic mass is 10.1. The molecule has 0 aliphatic carbocycles. The number of nitrogens with zero attached hydrogens (tertiary/aromatic N) is 2. The van der Waals surface area contributed by atoms with Gasteiger partial charge < -0.3 is 19.9 Å². The number of imidazole rings is 1. The SMILES string of the molecule is COC(=O)c1ccc(C)c(NC(=O)NCc2nccn2CCc2ccccc2)c1. The van der Waals surface area contributed by atoms with E-state index in [2.05, 4.69) is 27.8 Å². The molecular weight excluding hydrogens is 368 g/mol. The van der Waals surface area contributed by atoms with Crippen molar-refractivity contribution in [2.45, 2.75) is 26.4 Å². The molecule has 0 spiro atoms. The molecule has 1 heterocycles. The van der Waals surface area contributed by atoms with Gasteiger partial charge in [-0.25, -0.2) is 14.6 Å². The van der Waals surface area contributed by atoms with Gasteiger partial charge in [0.05, 0.1) is 19.2 Å². The van der Waals surface area contributed by atoms with Gasteiger partial charge in [0.2, 0.25) is 0 Å². The van der Waals surface area contributed by atoms with Crippen molar-refractivity contribution in [3.63, 3.8) is 0 Å². The number of aryl methyl sites for hydroxylation is 3. The lowest BCUT2D eigenvalue weighted by Crippen LogP contribution is -2.30. The number of rotatable bonds is 7. The van der Waals surface area contributed by atoms with Gasteiger partial charge in [-0.05, 0) is 36.6 Å². The summed E-state index contributed by atoms with van der Waals surface area (Å²) in [6.07, 6.45) is 4.52. The lowest BCUT2D eigenvalue weighted by molar-refractivity contribution is 0.0600. The number of hydrogen-bond acceptors (Lipinski definition) is 4. The Bertz CT molecular complexity index is 983. The van der Waals surface area contributed by atoms with Gasteiger partial charge in [0, 0.05) is 24.6 Å². The van der Waals surface area contributed by atoms with Crippen molar-refractivity contribution in [3.05, 3.63) is 83.4 Å². The van der Waals surface area contributed by atoms with Crippen LogP contribution < -0.4 is 10.6 Å². The summed E-state index contributed by atoms with van der Waals surface area (Å²) >= 11 is 0. The highest BCUT2D eigenvalue weighted by atomic mass is 16.5. The second kappa shape index (κ2) is 9.54. The van der Waals surface area contributed by atoms with Gasteiger partial charge in [-0.15, -0.1) is 0 Å². The molecule has 0 unspecified atom stereocenters. The minimum absolute atomic E-state index is 0.295. The Morgan fingerprint density at radius 2 is 1.93 bits per heavy atom. The van der Waals surface area contributed by atoms with E-state index in [4.69, 9.17) is 4.74 Å². The highest BCUT2D eigenvalue weighted by Crippen LogP contribution is 2.17. The topological polar surface area (TPSA) is 85.2 Å². The normalized spacial score (nSPS) is 10.4. The van der Waals surface area contributed by atoms with E-state index in [0.717, 1.165) is 24.4 Å². The minimum atomic E-state index is -0.450. The molecule has 0 aliphatic rings. The molecule has 3 aromatic rings. The molecule has 1 aromatic heterocycles. The van der Waals surface area contributed by atoms with Crippen LogP contribution in [0.5, 0.6) is 0 Å². The van der Waals surface area contributed by atoms with E-state index in [1.165, 1.54) is 12.7 Å². The third-order valence-corrected chi connectivity index (χ3v) is 4.60.